The van der Waals surface area contributed by atoms with Crippen LogP contribution < -0.4 is 0 Å². The SMILES string of the molecule is CCOP(=O)(OCC)C(Cc1nc(C(F)(F)c2ccc(Cl)cc2)no1)C(=O)OC(C)(C)C. The highest BCUT2D eigenvalue weighted by Gasteiger charge is 2.46. The van der Waals surface area contributed by atoms with Gasteiger partial charge < -0.3 is 18.3 Å². The van der Waals surface area contributed by atoms with E-state index in [-0.39, 0.29) is 19.1 Å². The fourth-order valence-electron chi connectivity index (χ4n) is 2.69. The van der Waals surface area contributed by atoms with Crippen LogP contribution in [0.5, 0.6) is 0 Å². The quantitative estimate of drug-likeness (QED) is 0.320. The van der Waals surface area contributed by atoms with Crippen LogP contribution in [0, 0.1) is 0 Å². The van der Waals surface area contributed by atoms with Crippen molar-refractivity contribution in [3.8, 4) is 0 Å². The number of hydrogen-bond donors (Lipinski definition) is 0. The van der Waals surface area contributed by atoms with Crippen LogP contribution in [-0.4, -0.2) is 40.6 Å². The van der Waals surface area contributed by atoms with Crippen molar-refractivity contribution in [1.29, 1.82) is 0 Å². The molecule has 0 aliphatic heterocycles. The predicted octanol–water partition coefficient (Wildman–Crippen LogP) is 5.38. The van der Waals surface area contributed by atoms with Gasteiger partial charge in [0.25, 0.3) is 0 Å². The second-order valence-corrected chi connectivity index (χ2v) is 10.4. The summed E-state index contributed by atoms with van der Waals surface area (Å²) in [6, 6.07) is 4.90. The zero-order valence-corrected chi connectivity index (χ0v) is 20.1. The van der Waals surface area contributed by atoms with Gasteiger partial charge in [-0.15, -0.1) is 0 Å². The van der Waals surface area contributed by atoms with Crippen molar-refractivity contribution in [2.75, 3.05) is 13.2 Å². The summed E-state index contributed by atoms with van der Waals surface area (Å²) in [5, 5.41) is 3.65. The molecule has 1 aromatic heterocycles. The zero-order valence-electron chi connectivity index (χ0n) is 18.4. The van der Waals surface area contributed by atoms with E-state index in [9.17, 15) is 18.1 Å². The van der Waals surface area contributed by atoms with Crippen LogP contribution in [0.25, 0.3) is 0 Å². The molecule has 0 saturated heterocycles. The maximum absolute atomic E-state index is 14.8. The summed E-state index contributed by atoms with van der Waals surface area (Å²) < 4.78 is 63.8. The first-order valence-electron chi connectivity index (χ1n) is 9.91. The molecule has 0 aliphatic rings. The lowest BCUT2D eigenvalue weighted by molar-refractivity contribution is -0.154. The van der Waals surface area contributed by atoms with Crippen LogP contribution >= 0.6 is 19.2 Å². The van der Waals surface area contributed by atoms with Crippen molar-refractivity contribution in [2.45, 2.75) is 58.2 Å². The lowest BCUT2D eigenvalue weighted by atomic mass is 10.1. The summed E-state index contributed by atoms with van der Waals surface area (Å²) in [6.45, 7) is 8.02. The molecule has 0 fully saturated rings. The highest BCUT2D eigenvalue weighted by Crippen LogP contribution is 2.54. The normalized spacial score (nSPS) is 13.8. The van der Waals surface area contributed by atoms with Gasteiger partial charge in [0, 0.05) is 10.6 Å². The van der Waals surface area contributed by atoms with E-state index >= 15 is 0 Å². The van der Waals surface area contributed by atoms with E-state index in [1.807, 2.05) is 0 Å². The molecule has 1 unspecified atom stereocenters. The van der Waals surface area contributed by atoms with Crippen LogP contribution in [0.2, 0.25) is 5.02 Å². The van der Waals surface area contributed by atoms with Crippen molar-refractivity contribution < 1.29 is 36.4 Å². The van der Waals surface area contributed by atoms with E-state index in [2.05, 4.69) is 10.1 Å². The molecular formula is C20H26ClF2N2O6P. The summed E-state index contributed by atoms with van der Waals surface area (Å²) in [5.41, 5.74) is -2.79. The molecule has 0 spiro atoms. The van der Waals surface area contributed by atoms with Gasteiger partial charge in [-0.1, -0.05) is 28.9 Å². The number of rotatable bonds is 10. The maximum Gasteiger partial charge on any atom is 0.345 e. The van der Waals surface area contributed by atoms with E-state index < -0.39 is 48.6 Å². The van der Waals surface area contributed by atoms with E-state index in [4.69, 9.17) is 29.9 Å². The molecule has 178 valence electrons. The van der Waals surface area contributed by atoms with Gasteiger partial charge >= 0.3 is 19.5 Å². The minimum absolute atomic E-state index is 0.0136. The molecule has 12 heteroatoms. The highest BCUT2D eigenvalue weighted by molar-refractivity contribution is 7.55. The third-order valence-corrected chi connectivity index (χ3v) is 6.65. The number of carbonyl (C=O) groups excluding carboxylic acids is 1. The Morgan fingerprint density at radius 3 is 2.22 bits per heavy atom. The second kappa shape index (κ2) is 10.4. The van der Waals surface area contributed by atoms with Gasteiger partial charge in [-0.2, -0.15) is 13.8 Å². The van der Waals surface area contributed by atoms with Gasteiger partial charge in [-0.05, 0) is 46.8 Å². The number of aromatic nitrogens is 2. The maximum atomic E-state index is 14.8. The third kappa shape index (κ3) is 6.57. The Bertz CT molecular complexity index is 952. The molecular weight excluding hydrogens is 469 g/mol. The molecule has 8 nitrogen and oxygen atoms in total. The number of esters is 1. The van der Waals surface area contributed by atoms with Gasteiger partial charge in [-0.3, -0.25) is 9.36 Å². The van der Waals surface area contributed by atoms with Crippen molar-refractivity contribution in [3.05, 3.63) is 46.6 Å². The fourth-order valence-corrected chi connectivity index (χ4v) is 4.66. The Morgan fingerprint density at radius 1 is 1.16 bits per heavy atom. The molecule has 32 heavy (non-hydrogen) atoms. The summed E-state index contributed by atoms with van der Waals surface area (Å²) in [4.78, 5) is 16.5. The smallest absolute Gasteiger partial charge is 0.345 e. The number of nitrogens with zero attached hydrogens (tertiary/aromatic N) is 2. The summed E-state index contributed by atoms with van der Waals surface area (Å²) in [5.74, 6) is -5.74. The topological polar surface area (TPSA) is 101 Å². The first-order chi connectivity index (χ1) is 14.8. The van der Waals surface area contributed by atoms with Gasteiger partial charge in [-0.25, -0.2) is 0 Å². The van der Waals surface area contributed by atoms with Crippen molar-refractivity contribution in [2.24, 2.45) is 0 Å². The monoisotopic (exact) mass is 494 g/mol. The first kappa shape index (κ1) is 26.4. The Balaban J connectivity index is 2.37. The summed E-state index contributed by atoms with van der Waals surface area (Å²) in [6.07, 6.45) is -0.476. The molecule has 1 heterocycles. The van der Waals surface area contributed by atoms with Crippen LogP contribution in [-0.2, 0) is 35.5 Å². The number of carbonyl (C=O) groups is 1. The molecule has 0 amide bonds. The molecule has 0 N–H and O–H groups in total. The standard InChI is InChI=1S/C20H26ClF2N2O6P/c1-6-28-32(27,29-7-2)15(17(26)30-19(3,4)5)12-16-24-18(25-31-16)20(22,23)13-8-10-14(21)11-9-13/h8-11,15H,6-7,12H2,1-5H3. The minimum atomic E-state index is -4.04. The second-order valence-electron chi connectivity index (χ2n) is 7.72. The van der Waals surface area contributed by atoms with Crippen LogP contribution in [0.4, 0.5) is 8.78 Å². The highest BCUT2D eigenvalue weighted by atomic mass is 35.5. The number of halogens is 3. The molecule has 0 bridgehead atoms. The van der Waals surface area contributed by atoms with E-state index in [1.54, 1.807) is 34.6 Å². The predicted molar refractivity (Wildman–Crippen MR) is 113 cm³/mol. The van der Waals surface area contributed by atoms with Crippen molar-refractivity contribution in [3.63, 3.8) is 0 Å². The van der Waals surface area contributed by atoms with Gasteiger partial charge in [0.2, 0.25) is 11.7 Å². The van der Waals surface area contributed by atoms with Gasteiger partial charge in [0.05, 0.1) is 19.6 Å². The van der Waals surface area contributed by atoms with Crippen LogP contribution in [0.3, 0.4) is 0 Å². The molecule has 0 aliphatic carbocycles. The van der Waals surface area contributed by atoms with Gasteiger partial charge in [0.15, 0.2) is 5.66 Å². The average Bonchev–Trinajstić information content (AvgIpc) is 3.15. The Kier molecular flexibility index (Phi) is 8.56. The lowest BCUT2D eigenvalue weighted by Crippen LogP contribution is -2.34. The van der Waals surface area contributed by atoms with Crippen molar-refractivity contribution >= 4 is 25.2 Å². The van der Waals surface area contributed by atoms with Crippen LogP contribution in [0.15, 0.2) is 28.8 Å². The lowest BCUT2D eigenvalue weighted by Gasteiger charge is -2.27. The number of benzene rings is 1. The van der Waals surface area contributed by atoms with E-state index in [1.165, 1.54) is 12.1 Å². The Morgan fingerprint density at radius 2 is 1.72 bits per heavy atom. The summed E-state index contributed by atoms with van der Waals surface area (Å²) in [7, 11) is -4.04. The van der Waals surface area contributed by atoms with E-state index in [0.717, 1.165) is 12.1 Å². The van der Waals surface area contributed by atoms with Gasteiger partial charge in [0.1, 0.15) is 5.60 Å². The molecule has 2 aromatic rings. The largest absolute Gasteiger partial charge is 0.459 e. The summed E-state index contributed by atoms with van der Waals surface area (Å²) >= 11 is 5.75. The molecule has 1 aromatic carbocycles. The first-order valence-corrected chi connectivity index (χ1v) is 11.9. The van der Waals surface area contributed by atoms with Crippen LogP contribution in [0.1, 0.15) is 51.9 Å². The van der Waals surface area contributed by atoms with E-state index in [0.29, 0.717) is 5.02 Å². The fraction of sp³-hybridized carbons (Fsp3) is 0.550. The number of ether oxygens (including phenoxy) is 1. The number of alkyl halides is 2. The Hall–Kier alpha value is -1.87. The third-order valence-electron chi connectivity index (χ3n) is 4.00. The zero-order chi connectivity index (χ0) is 24.2. The molecule has 1 atom stereocenters. The van der Waals surface area contributed by atoms with Crippen molar-refractivity contribution in [1.82, 2.24) is 10.1 Å². The Labute approximate surface area is 190 Å². The number of hydrogen-bond acceptors (Lipinski definition) is 8. The molecule has 2 rings (SSSR count). The minimum Gasteiger partial charge on any atom is -0.459 e. The molecule has 0 saturated carbocycles. The average molecular weight is 495 g/mol. The molecule has 0 radical (unpaired) electrons.